The Bertz CT molecular complexity index is 1320. The number of benzene rings is 2. The number of carbonyl (C=O) groups is 2. The van der Waals surface area contributed by atoms with Crippen molar-refractivity contribution in [1.82, 2.24) is 4.98 Å². The summed E-state index contributed by atoms with van der Waals surface area (Å²) in [4.78, 5) is 29.0. The van der Waals surface area contributed by atoms with E-state index in [0.29, 0.717) is 0 Å². The molecule has 1 amide bonds. The molecule has 11 heteroatoms. The van der Waals surface area contributed by atoms with Crippen LogP contribution in [0.15, 0.2) is 36.5 Å². The number of pyridine rings is 1. The lowest BCUT2D eigenvalue weighted by atomic mass is 9.99. The van der Waals surface area contributed by atoms with Crippen LogP contribution in [-0.2, 0) is 10.9 Å². The standard InChI is InChI=1S/C24H19F5N2O4/c1-11-14(24(27,28)29)5-7-18(35-17-8-6-15(25)20(26)13(17)3)19(11)22(32)31-16-9-10-30-21(12(16)2)23(33)34-4/h5-10H,1-4H3,(H,30,31,32). The molecular weight excluding hydrogens is 475 g/mol. The van der Waals surface area contributed by atoms with E-state index in [1.165, 1.54) is 26.1 Å². The molecule has 0 aliphatic carbocycles. The van der Waals surface area contributed by atoms with Crippen molar-refractivity contribution in [2.75, 3.05) is 12.4 Å². The zero-order chi connectivity index (χ0) is 26.1. The molecule has 0 radical (unpaired) electrons. The molecule has 0 bridgehead atoms. The maximum absolute atomic E-state index is 14.0. The summed E-state index contributed by atoms with van der Waals surface area (Å²) in [5.41, 5.74) is -2.04. The summed E-state index contributed by atoms with van der Waals surface area (Å²) in [7, 11) is 1.14. The predicted molar refractivity (Wildman–Crippen MR) is 116 cm³/mol. The molecule has 2 aromatic carbocycles. The van der Waals surface area contributed by atoms with E-state index in [-0.39, 0.29) is 34.0 Å². The van der Waals surface area contributed by atoms with Gasteiger partial charge in [0.1, 0.15) is 11.5 Å². The van der Waals surface area contributed by atoms with Crippen LogP contribution < -0.4 is 10.1 Å². The van der Waals surface area contributed by atoms with Crippen LogP contribution in [0, 0.1) is 32.4 Å². The number of hydrogen-bond acceptors (Lipinski definition) is 5. The highest BCUT2D eigenvalue weighted by molar-refractivity contribution is 6.08. The lowest BCUT2D eigenvalue weighted by molar-refractivity contribution is -0.138. The lowest BCUT2D eigenvalue weighted by Gasteiger charge is -2.19. The largest absolute Gasteiger partial charge is 0.464 e. The van der Waals surface area contributed by atoms with Gasteiger partial charge in [-0.05, 0) is 56.7 Å². The van der Waals surface area contributed by atoms with E-state index in [4.69, 9.17) is 4.74 Å². The third kappa shape index (κ3) is 5.08. The number of carbonyl (C=O) groups excluding carboxylic acids is 2. The Morgan fingerprint density at radius 3 is 2.20 bits per heavy atom. The Morgan fingerprint density at radius 1 is 0.914 bits per heavy atom. The zero-order valence-corrected chi connectivity index (χ0v) is 18.9. The van der Waals surface area contributed by atoms with Crippen LogP contribution in [0.25, 0.3) is 0 Å². The molecular formula is C24H19F5N2O4. The average Bonchev–Trinajstić information content (AvgIpc) is 2.79. The van der Waals surface area contributed by atoms with Crippen LogP contribution in [0.4, 0.5) is 27.6 Å². The van der Waals surface area contributed by atoms with Gasteiger partial charge in [0.2, 0.25) is 0 Å². The Balaban J connectivity index is 2.11. The van der Waals surface area contributed by atoms with Gasteiger partial charge in [0.15, 0.2) is 17.3 Å². The maximum atomic E-state index is 14.0. The molecule has 1 aromatic heterocycles. The Morgan fingerprint density at radius 2 is 1.57 bits per heavy atom. The summed E-state index contributed by atoms with van der Waals surface area (Å²) < 4.78 is 78.4. The molecule has 6 nitrogen and oxygen atoms in total. The minimum Gasteiger partial charge on any atom is -0.464 e. The van der Waals surface area contributed by atoms with E-state index in [9.17, 15) is 31.5 Å². The van der Waals surface area contributed by atoms with Gasteiger partial charge >= 0.3 is 12.1 Å². The number of esters is 1. The second kappa shape index (κ2) is 9.69. The Labute approximate surface area is 196 Å². The van der Waals surface area contributed by atoms with Crippen molar-refractivity contribution in [3.05, 3.63) is 81.7 Å². The molecule has 1 N–H and O–H groups in total. The lowest BCUT2D eigenvalue weighted by Crippen LogP contribution is -2.19. The molecule has 0 atom stereocenters. The topological polar surface area (TPSA) is 77.5 Å². The first-order valence-electron chi connectivity index (χ1n) is 10.0. The third-order valence-corrected chi connectivity index (χ3v) is 5.30. The first-order valence-corrected chi connectivity index (χ1v) is 10.0. The van der Waals surface area contributed by atoms with Gasteiger partial charge < -0.3 is 14.8 Å². The van der Waals surface area contributed by atoms with Crippen LogP contribution >= 0.6 is 0 Å². The molecule has 3 aromatic rings. The van der Waals surface area contributed by atoms with Crippen LogP contribution in [0.3, 0.4) is 0 Å². The van der Waals surface area contributed by atoms with Gasteiger partial charge in [-0.1, -0.05) is 0 Å². The van der Waals surface area contributed by atoms with E-state index >= 15 is 0 Å². The van der Waals surface area contributed by atoms with E-state index in [0.717, 1.165) is 38.3 Å². The van der Waals surface area contributed by atoms with Gasteiger partial charge in [0.05, 0.1) is 18.2 Å². The minimum atomic E-state index is -4.78. The number of halogens is 5. The molecule has 0 spiro atoms. The van der Waals surface area contributed by atoms with Gasteiger partial charge in [0, 0.05) is 23.0 Å². The van der Waals surface area contributed by atoms with Crippen molar-refractivity contribution < 1.29 is 41.0 Å². The minimum absolute atomic E-state index is 0.0946. The molecule has 0 saturated heterocycles. The number of nitrogens with zero attached hydrogens (tertiary/aromatic N) is 1. The molecule has 0 fully saturated rings. The van der Waals surface area contributed by atoms with Crippen LogP contribution in [0.2, 0.25) is 0 Å². The number of hydrogen-bond donors (Lipinski definition) is 1. The number of amides is 1. The molecule has 0 aliphatic rings. The van der Waals surface area contributed by atoms with Gasteiger partial charge in [0.25, 0.3) is 5.91 Å². The molecule has 0 unspecified atom stereocenters. The number of aromatic nitrogens is 1. The second-order valence-electron chi connectivity index (χ2n) is 7.47. The summed E-state index contributed by atoms with van der Waals surface area (Å²) in [6, 6.07) is 4.89. The van der Waals surface area contributed by atoms with E-state index in [2.05, 4.69) is 15.0 Å². The fourth-order valence-corrected chi connectivity index (χ4v) is 3.38. The number of alkyl halides is 3. The first-order chi connectivity index (χ1) is 16.4. The van der Waals surface area contributed by atoms with Gasteiger partial charge in [-0.25, -0.2) is 18.6 Å². The van der Waals surface area contributed by atoms with Crippen molar-refractivity contribution in [3.63, 3.8) is 0 Å². The molecule has 0 aliphatic heterocycles. The summed E-state index contributed by atoms with van der Waals surface area (Å²) in [6.07, 6.45) is -3.56. The predicted octanol–water partition coefficient (Wildman–Crippen LogP) is 6.14. The van der Waals surface area contributed by atoms with Crippen molar-refractivity contribution in [2.45, 2.75) is 26.9 Å². The molecule has 0 saturated carbocycles. The molecule has 184 valence electrons. The number of rotatable bonds is 5. The third-order valence-electron chi connectivity index (χ3n) is 5.30. The summed E-state index contributed by atoms with van der Waals surface area (Å²) in [5, 5.41) is 2.46. The highest BCUT2D eigenvalue weighted by Gasteiger charge is 2.35. The highest BCUT2D eigenvalue weighted by Crippen LogP contribution is 2.39. The van der Waals surface area contributed by atoms with E-state index in [1.54, 1.807) is 0 Å². The van der Waals surface area contributed by atoms with Crippen LogP contribution in [0.5, 0.6) is 11.5 Å². The fourth-order valence-electron chi connectivity index (χ4n) is 3.38. The monoisotopic (exact) mass is 494 g/mol. The van der Waals surface area contributed by atoms with Crippen LogP contribution in [-0.4, -0.2) is 24.0 Å². The van der Waals surface area contributed by atoms with E-state index in [1.807, 2.05) is 0 Å². The first kappa shape index (κ1) is 25.6. The van der Waals surface area contributed by atoms with Gasteiger partial charge in [-0.15, -0.1) is 0 Å². The molecule has 1 heterocycles. The quantitative estimate of drug-likeness (QED) is 0.341. The van der Waals surface area contributed by atoms with Crippen molar-refractivity contribution in [1.29, 1.82) is 0 Å². The van der Waals surface area contributed by atoms with Crippen molar-refractivity contribution in [3.8, 4) is 11.5 Å². The number of anilines is 1. The normalized spacial score (nSPS) is 11.2. The summed E-state index contributed by atoms with van der Waals surface area (Å²) in [6.45, 7) is 3.77. The van der Waals surface area contributed by atoms with E-state index < -0.39 is 46.4 Å². The highest BCUT2D eigenvalue weighted by atomic mass is 19.4. The van der Waals surface area contributed by atoms with Crippen LogP contribution in [0.1, 0.15) is 43.1 Å². The average molecular weight is 494 g/mol. The fraction of sp³-hybridized carbons (Fsp3) is 0.208. The Hall–Kier alpha value is -4.02. The smallest absolute Gasteiger partial charge is 0.416 e. The van der Waals surface area contributed by atoms with Gasteiger partial charge in [-0.2, -0.15) is 13.2 Å². The summed E-state index contributed by atoms with van der Waals surface area (Å²) >= 11 is 0. The second-order valence-corrected chi connectivity index (χ2v) is 7.47. The van der Waals surface area contributed by atoms with Gasteiger partial charge in [-0.3, -0.25) is 4.79 Å². The molecule has 35 heavy (non-hydrogen) atoms. The maximum Gasteiger partial charge on any atom is 0.416 e. The SMILES string of the molecule is COC(=O)c1nccc(NC(=O)c2c(Oc3ccc(F)c(F)c3C)ccc(C(F)(F)F)c2C)c1C. The number of methoxy groups -OCH3 is 1. The molecule has 3 rings (SSSR count). The van der Waals surface area contributed by atoms with Crippen molar-refractivity contribution in [2.24, 2.45) is 0 Å². The number of ether oxygens (including phenoxy) is 2. The summed E-state index contributed by atoms with van der Waals surface area (Å²) in [5.74, 6) is -4.60. The van der Waals surface area contributed by atoms with Crippen molar-refractivity contribution >= 4 is 17.6 Å². The number of nitrogens with one attached hydrogen (secondary N) is 1. The Kier molecular flexibility index (Phi) is 7.09. The zero-order valence-electron chi connectivity index (χ0n) is 18.9.